The zero-order valence-electron chi connectivity index (χ0n) is 17.3. The molecule has 5 nitrogen and oxygen atoms in total. The van der Waals surface area contributed by atoms with Gasteiger partial charge in [-0.2, -0.15) is 5.26 Å². The number of nitrogens with zero attached hydrogens (tertiary/aromatic N) is 2. The summed E-state index contributed by atoms with van der Waals surface area (Å²) in [5.74, 6) is 1.14. The molecule has 0 fully saturated rings. The second-order valence-electron chi connectivity index (χ2n) is 7.35. The largest absolute Gasteiger partial charge is 0.456 e. The SMILES string of the molecule is Cc1ccc2c(Oc3cccc(C(=O)NCc4ccc(C#N)cc4)c3C)ccnc2c1. The summed E-state index contributed by atoms with van der Waals surface area (Å²) >= 11 is 0. The van der Waals surface area contributed by atoms with Crippen molar-refractivity contribution in [2.24, 2.45) is 0 Å². The number of aromatic nitrogens is 1. The summed E-state index contributed by atoms with van der Waals surface area (Å²) in [5.41, 5.74) is 4.84. The number of nitrogens with one attached hydrogen (secondary N) is 1. The van der Waals surface area contributed by atoms with E-state index in [0.717, 1.165) is 27.6 Å². The van der Waals surface area contributed by atoms with Gasteiger partial charge >= 0.3 is 0 Å². The minimum absolute atomic E-state index is 0.178. The Balaban J connectivity index is 1.54. The van der Waals surface area contributed by atoms with Gasteiger partial charge in [0.25, 0.3) is 5.91 Å². The van der Waals surface area contributed by atoms with Crippen molar-refractivity contribution in [3.05, 3.63) is 101 Å². The van der Waals surface area contributed by atoms with E-state index in [1.165, 1.54) is 0 Å². The van der Waals surface area contributed by atoms with Crippen molar-refractivity contribution in [3.63, 3.8) is 0 Å². The van der Waals surface area contributed by atoms with Crippen LogP contribution in [0.1, 0.15) is 32.6 Å². The highest BCUT2D eigenvalue weighted by molar-refractivity contribution is 5.96. The number of pyridine rings is 1. The van der Waals surface area contributed by atoms with Crippen molar-refractivity contribution in [1.82, 2.24) is 10.3 Å². The van der Waals surface area contributed by atoms with Crippen LogP contribution in [0, 0.1) is 25.2 Å². The molecule has 152 valence electrons. The Labute approximate surface area is 180 Å². The number of nitriles is 1. The standard InChI is InChI=1S/C26H21N3O2/c1-17-6-11-22-23(14-17)28-13-12-25(22)31-24-5-3-4-21(18(24)2)26(30)29-16-20-9-7-19(15-27)8-10-20/h3-14H,16H2,1-2H3,(H,29,30). The summed E-state index contributed by atoms with van der Waals surface area (Å²) in [7, 11) is 0. The average Bonchev–Trinajstić information content (AvgIpc) is 2.79. The molecule has 0 saturated carbocycles. The van der Waals surface area contributed by atoms with Crippen LogP contribution in [0.2, 0.25) is 0 Å². The number of fused-ring (bicyclic) bond motifs is 1. The number of aryl methyl sites for hydroxylation is 1. The first kappa shape index (κ1) is 20.1. The Kier molecular flexibility index (Phi) is 5.63. The monoisotopic (exact) mass is 407 g/mol. The Morgan fingerprint density at radius 1 is 1.03 bits per heavy atom. The maximum absolute atomic E-state index is 12.8. The van der Waals surface area contributed by atoms with Gasteiger partial charge in [-0.05, 0) is 67.4 Å². The van der Waals surface area contributed by atoms with Crippen LogP contribution in [-0.4, -0.2) is 10.9 Å². The van der Waals surface area contributed by atoms with Crippen LogP contribution < -0.4 is 10.1 Å². The quantitative estimate of drug-likeness (QED) is 0.478. The lowest BCUT2D eigenvalue weighted by Gasteiger charge is -2.14. The molecule has 1 aromatic heterocycles. The molecule has 0 saturated heterocycles. The lowest BCUT2D eigenvalue weighted by molar-refractivity contribution is 0.0950. The first-order chi connectivity index (χ1) is 15.0. The number of rotatable bonds is 5. The van der Waals surface area contributed by atoms with Crippen molar-refractivity contribution in [2.45, 2.75) is 20.4 Å². The summed E-state index contributed by atoms with van der Waals surface area (Å²) < 4.78 is 6.19. The van der Waals surface area contributed by atoms with E-state index in [-0.39, 0.29) is 5.91 Å². The topological polar surface area (TPSA) is 75.0 Å². The van der Waals surface area contributed by atoms with Crippen LogP contribution in [0.15, 0.2) is 72.9 Å². The average molecular weight is 407 g/mol. The van der Waals surface area contributed by atoms with E-state index in [9.17, 15) is 4.79 Å². The number of benzene rings is 3. The number of carbonyl (C=O) groups is 1. The molecule has 4 aromatic rings. The van der Waals surface area contributed by atoms with Crippen LogP contribution in [0.5, 0.6) is 11.5 Å². The Morgan fingerprint density at radius 2 is 1.84 bits per heavy atom. The molecule has 0 radical (unpaired) electrons. The van der Waals surface area contributed by atoms with Gasteiger partial charge in [0, 0.05) is 29.3 Å². The minimum Gasteiger partial charge on any atom is -0.456 e. The van der Waals surface area contributed by atoms with Crippen LogP contribution in [-0.2, 0) is 6.54 Å². The number of hydrogen-bond acceptors (Lipinski definition) is 4. The summed E-state index contributed by atoms with van der Waals surface area (Å²) in [6.07, 6.45) is 1.72. The molecule has 0 spiro atoms. The van der Waals surface area contributed by atoms with Gasteiger partial charge in [-0.1, -0.05) is 24.3 Å². The normalized spacial score (nSPS) is 10.5. The second-order valence-corrected chi connectivity index (χ2v) is 7.35. The number of hydrogen-bond donors (Lipinski definition) is 1. The van der Waals surface area contributed by atoms with Gasteiger partial charge in [0.05, 0.1) is 17.1 Å². The van der Waals surface area contributed by atoms with Crippen molar-refractivity contribution in [1.29, 1.82) is 5.26 Å². The van der Waals surface area contributed by atoms with E-state index >= 15 is 0 Å². The number of ether oxygens (including phenoxy) is 1. The third-order valence-corrected chi connectivity index (χ3v) is 5.14. The number of carbonyl (C=O) groups excluding carboxylic acids is 1. The molecular formula is C26H21N3O2. The molecule has 0 atom stereocenters. The fraction of sp³-hybridized carbons (Fsp3) is 0.115. The van der Waals surface area contributed by atoms with Crippen LogP contribution in [0.25, 0.3) is 10.9 Å². The summed E-state index contributed by atoms with van der Waals surface area (Å²) in [6, 6.07) is 22.5. The molecule has 0 bridgehead atoms. The smallest absolute Gasteiger partial charge is 0.251 e. The fourth-order valence-electron chi connectivity index (χ4n) is 3.39. The van der Waals surface area contributed by atoms with E-state index < -0.39 is 0 Å². The molecule has 0 aliphatic carbocycles. The van der Waals surface area contributed by atoms with Gasteiger partial charge in [0.15, 0.2) is 0 Å². The Bertz CT molecular complexity index is 1300. The lowest BCUT2D eigenvalue weighted by Crippen LogP contribution is -2.23. The fourth-order valence-corrected chi connectivity index (χ4v) is 3.39. The second kappa shape index (κ2) is 8.68. The minimum atomic E-state index is -0.178. The highest BCUT2D eigenvalue weighted by Gasteiger charge is 2.14. The van der Waals surface area contributed by atoms with Crippen LogP contribution in [0.4, 0.5) is 0 Å². The molecule has 31 heavy (non-hydrogen) atoms. The molecule has 0 unspecified atom stereocenters. The summed E-state index contributed by atoms with van der Waals surface area (Å²) in [5, 5.41) is 12.7. The van der Waals surface area contributed by atoms with Crippen molar-refractivity contribution in [3.8, 4) is 17.6 Å². The predicted octanol–water partition coefficient (Wildman–Crippen LogP) is 5.45. The summed E-state index contributed by atoms with van der Waals surface area (Å²) in [6.45, 7) is 4.28. The predicted molar refractivity (Wildman–Crippen MR) is 120 cm³/mol. The molecule has 4 rings (SSSR count). The third-order valence-electron chi connectivity index (χ3n) is 5.14. The first-order valence-corrected chi connectivity index (χ1v) is 9.95. The number of amides is 1. The molecule has 1 N–H and O–H groups in total. The van der Waals surface area contributed by atoms with Crippen LogP contribution in [0.3, 0.4) is 0 Å². The highest BCUT2D eigenvalue weighted by Crippen LogP contribution is 2.32. The molecular weight excluding hydrogens is 386 g/mol. The maximum atomic E-state index is 12.8. The Hall–Kier alpha value is -4.17. The zero-order valence-corrected chi connectivity index (χ0v) is 17.3. The van der Waals surface area contributed by atoms with E-state index in [0.29, 0.717) is 29.2 Å². The van der Waals surface area contributed by atoms with Gasteiger partial charge in [0.1, 0.15) is 11.5 Å². The molecule has 5 heteroatoms. The van der Waals surface area contributed by atoms with Gasteiger partial charge in [-0.15, -0.1) is 0 Å². The molecule has 0 aliphatic rings. The summed E-state index contributed by atoms with van der Waals surface area (Å²) in [4.78, 5) is 17.2. The van der Waals surface area contributed by atoms with Gasteiger partial charge in [-0.25, -0.2) is 0 Å². The van der Waals surface area contributed by atoms with Gasteiger partial charge in [0.2, 0.25) is 0 Å². The van der Waals surface area contributed by atoms with Crippen molar-refractivity contribution in [2.75, 3.05) is 0 Å². The van der Waals surface area contributed by atoms with Gasteiger partial charge in [-0.3, -0.25) is 9.78 Å². The maximum Gasteiger partial charge on any atom is 0.251 e. The molecule has 0 aliphatic heterocycles. The third kappa shape index (κ3) is 4.39. The van der Waals surface area contributed by atoms with Crippen molar-refractivity contribution < 1.29 is 9.53 Å². The highest BCUT2D eigenvalue weighted by atomic mass is 16.5. The molecule has 1 heterocycles. The van der Waals surface area contributed by atoms with Crippen LogP contribution >= 0.6 is 0 Å². The van der Waals surface area contributed by atoms with Gasteiger partial charge < -0.3 is 10.1 Å². The van der Waals surface area contributed by atoms with E-state index in [1.54, 1.807) is 24.4 Å². The van der Waals surface area contributed by atoms with E-state index in [1.807, 2.05) is 62.4 Å². The molecule has 1 amide bonds. The lowest BCUT2D eigenvalue weighted by atomic mass is 10.1. The first-order valence-electron chi connectivity index (χ1n) is 9.95. The zero-order chi connectivity index (χ0) is 21.8. The van der Waals surface area contributed by atoms with E-state index in [2.05, 4.69) is 16.4 Å². The molecule has 3 aromatic carbocycles. The van der Waals surface area contributed by atoms with Crippen molar-refractivity contribution >= 4 is 16.8 Å². The Morgan fingerprint density at radius 3 is 2.61 bits per heavy atom. The van der Waals surface area contributed by atoms with E-state index in [4.69, 9.17) is 10.00 Å².